The first-order chi connectivity index (χ1) is 10.1. The van der Waals surface area contributed by atoms with Crippen LogP contribution in [0, 0.1) is 0 Å². The number of carbonyl (C=O) groups is 1. The molecule has 1 amide bonds. The molecule has 112 valence electrons. The Labute approximate surface area is 128 Å². The molecule has 0 aromatic carbocycles. The molecule has 0 bridgehead atoms. The van der Waals surface area contributed by atoms with Crippen molar-refractivity contribution in [1.29, 1.82) is 0 Å². The third kappa shape index (κ3) is 4.07. The third-order valence-electron chi connectivity index (χ3n) is 3.00. The summed E-state index contributed by atoms with van der Waals surface area (Å²) >= 11 is 1.75. The third-order valence-corrected chi connectivity index (χ3v) is 3.64. The first kappa shape index (κ1) is 15.6. The lowest BCUT2D eigenvalue weighted by atomic mass is 10.2. The summed E-state index contributed by atoms with van der Waals surface area (Å²) in [6.45, 7) is 3.81. The Hall–Kier alpha value is -1.82. The quantitative estimate of drug-likeness (QED) is 0.833. The van der Waals surface area contributed by atoms with Gasteiger partial charge in [-0.3, -0.25) is 9.20 Å². The van der Waals surface area contributed by atoms with Gasteiger partial charge in [0.1, 0.15) is 0 Å². The van der Waals surface area contributed by atoms with Crippen molar-refractivity contribution in [3.63, 3.8) is 0 Å². The molecule has 2 aromatic heterocycles. The van der Waals surface area contributed by atoms with Gasteiger partial charge in [-0.05, 0) is 44.4 Å². The summed E-state index contributed by atoms with van der Waals surface area (Å²) in [4.78, 5) is 12.0. The molecule has 1 N–H and O–H groups in total. The second kappa shape index (κ2) is 7.26. The molecule has 0 aliphatic carbocycles. The van der Waals surface area contributed by atoms with Crippen LogP contribution in [0.5, 0.6) is 0 Å². The molecule has 0 saturated heterocycles. The number of fused-ring (bicyclic) bond motifs is 1. The number of amides is 1. The fraction of sp³-hybridized carbons (Fsp3) is 0.400. The van der Waals surface area contributed by atoms with E-state index in [1.54, 1.807) is 17.8 Å². The molecular weight excluding hydrogens is 284 g/mol. The molecule has 5 nitrogen and oxygen atoms in total. The van der Waals surface area contributed by atoms with E-state index in [0.717, 1.165) is 29.2 Å². The first-order valence-electron chi connectivity index (χ1n) is 6.86. The van der Waals surface area contributed by atoms with Crippen LogP contribution < -0.4 is 5.32 Å². The minimum atomic E-state index is -0.141. The van der Waals surface area contributed by atoms with Gasteiger partial charge in [-0.2, -0.15) is 11.8 Å². The summed E-state index contributed by atoms with van der Waals surface area (Å²) in [5.41, 5.74) is 1.76. The highest BCUT2D eigenvalue weighted by Crippen LogP contribution is 2.18. The number of allylic oxidation sites excluding steroid dienone is 1. The Morgan fingerprint density at radius 2 is 2.24 bits per heavy atom. The van der Waals surface area contributed by atoms with Gasteiger partial charge in [0.25, 0.3) is 0 Å². The maximum Gasteiger partial charge on any atom is 0.244 e. The molecule has 0 fully saturated rings. The highest BCUT2D eigenvalue weighted by molar-refractivity contribution is 7.98. The van der Waals surface area contributed by atoms with Crippen molar-refractivity contribution in [2.45, 2.75) is 26.3 Å². The number of nitrogens with one attached hydrogen (secondary N) is 1. The van der Waals surface area contributed by atoms with Gasteiger partial charge in [0.15, 0.2) is 11.5 Å². The zero-order valence-electron chi connectivity index (χ0n) is 12.5. The largest absolute Gasteiger partial charge is 0.342 e. The van der Waals surface area contributed by atoms with Gasteiger partial charge in [0.05, 0.1) is 6.04 Å². The van der Waals surface area contributed by atoms with Crippen LogP contribution in [0.2, 0.25) is 0 Å². The van der Waals surface area contributed by atoms with Crippen molar-refractivity contribution >= 4 is 23.3 Å². The fourth-order valence-corrected chi connectivity index (χ4v) is 2.55. The Balaban J connectivity index is 2.27. The zero-order chi connectivity index (χ0) is 15.2. The molecule has 2 heterocycles. The summed E-state index contributed by atoms with van der Waals surface area (Å²) in [5, 5.41) is 11.4. The van der Waals surface area contributed by atoms with Gasteiger partial charge < -0.3 is 5.32 Å². The summed E-state index contributed by atoms with van der Waals surface area (Å²) in [6.07, 6.45) is 6.40. The Morgan fingerprint density at radius 1 is 1.43 bits per heavy atom. The predicted octanol–water partition coefficient (Wildman–Crippen LogP) is 2.61. The second-order valence-corrected chi connectivity index (χ2v) is 6.04. The summed E-state index contributed by atoms with van der Waals surface area (Å²) in [5.74, 6) is 1.63. The number of aromatic nitrogens is 3. The first-order valence-corrected chi connectivity index (χ1v) is 8.25. The van der Waals surface area contributed by atoms with Crippen molar-refractivity contribution in [1.82, 2.24) is 19.9 Å². The lowest BCUT2D eigenvalue weighted by Crippen LogP contribution is -2.29. The number of thioether (sulfide) groups is 1. The van der Waals surface area contributed by atoms with Gasteiger partial charge in [0.2, 0.25) is 5.91 Å². The molecule has 0 aliphatic heterocycles. The number of hydrogen-bond donors (Lipinski definition) is 1. The highest BCUT2D eigenvalue weighted by Gasteiger charge is 2.19. The van der Waals surface area contributed by atoms with E-state index in [-0.39, 0.29) is 11.9 Å². The van der Waals surface area contributed by atoms with Crippen molar-refractivity contribution in [3.8, 4) is 0 Å². The number of hydrogen-bond acceptors (Lipinski definition) is 4. The minimum absolute atomic E-state index is 0.0891. The van der Waals surface area contributed by atoms with Crippen LogP contribution in [0.4, 0.5) is 0 Å². The number of carbonyl (C=O) groups excluding carboxylic acids is 1. The molecule has 2 aromatic rings. The van der Waals surface area contributed by atoms with Crippen LogP contribution in [0.25, 0.3) is 5.65 Å². The Kier molecular flexibility index (Phi) is 5.38. The zero-order valence-corrected chi connectivity index (χ0v) is 13.4. The lowest BCUT2D eigenvalue weighted by molar-refractivity contribution is -0.117. The van der Waals surface area contributed by atoms with E-state index >= 15 is 0 Å². The Bertz CT molecular complexity index is 646. The normalized spacial score (nSPS) is 12.1. The van der Waals surface area contributed by atoms with Crippen LogP contribution in [-0.4, -0.2) is 32.5 Å². The predicted molar refractivity (Wildman–Crippen MR) is 86.3 cm³/mol. The van der Waals surface area contributed by atoms with Gasteiger partial charge in [0, 0.05) is 12.3 Å². The topological polar surface area (TPSA) is 59.3 Å². The van der Waals surface area contributed by atoms with Crippen molar-refractivity contribution in [2.75, 3.05) is 12.0 Å². The molecule has 0 radical (unpaired) electrons. The average Bonchev–Trinajstić information content (AvgIpc) is 2.86. The van der Waals surface area contributed by atoms with E-state index in [0.29, 0.717) is 0 Å². The molecule has 1 atom stereocenters. The molecule has 0 aliphatic rings. The summed E-state index contributed by atoms with van der Waals surface area (Å²) < 4.78 is 1.92. The van der Waals surface area contributed by atoms with Crippen LogP contribution in [0.15, 0.2) is 36.0 Å². The van der Waals surface area contributed by atoms with Gasteiger partial charge >= 0.3 is 0 Å². The van der Waals surface area contributed by atoms with Crippen molar-refractivity contribution in [3.05, 3.63) is 41.9 Å². The SMILES string of the molecule is CSCCC(NC(=O)C=C(C)C)c1nnc2ccccn12. The van der Waals surface area contributed by atoms with Crippen molar-refractivity contribution in [2.24, 2.45) is 0 Å². The molecule has 0 saturated carbocycles. The molecule has 1 unspecified atom stereocenters. The number of nitrogens with zero attached hydrogens (tertiary/aromatic N) is 3. The average molecular weight is 304 g/mol. The van der Waals surface area contributed by atoms with Gasteiger partial charge in [-0.15, -0.1) is 10.2 Å². The Morgan fingerprint density at radius 3 is 2.95 bits per heavy atom. The number of rotatable bonds is 6. The van der Waals surface area contributed by atoms with Crippen LogP contribution in [0.1, 0.15) is 32.1 Å². The van der Waals surface area contributed by atoms with Crippen LogP contribution in [-0.2, 0) is 4.79 Å². The molecule has 0 spiro atoms. The van der Waals surface area contributed by atoms with Crippen LogP contribution in [0.3, 0.4) is 0 Å². The summed E-state index contributed by atoms with van der Waals surface area (Å²) in [6, 6.07) is 5.62. The lowest BCUT2D eigenvalue weighted by Gasteiger charge is -2.16. The fourth-order valence-electron chi connectivity index (χ4n) is 2.07. The van der Waals surface area contributed by atoms with E-state index in [1.807, 2.05) is 42.6 Å². The van der Waals surface area contributed by atoms with Gasteiger partial charge in [-0.25, -0.2) is 0 Å². The van der Waals surface area contributed by atoms with E-state index < -0.39 is 0 Å². The second-order valence-electron chi connectivity index (χ2n) is 5.05. The standard InChI is InChI=1S/C15H20N4OS/c1-11(2)10-14(20)16-12(7-9-21-3)15-18-17-13-6-4-5-8-19(13)15/h4-6,8,10,12H,7,9H2,1-3H3,(H,16,20). The van der Waals surface area contributed by atoms with E-state index in [4.69, 9.17) is 0 Å². The molecule has 2 rings (SSSR count). The number of pyridine rings is 1. The molecule has 21 heavy (non-hydrogen) atoms. The van der Waals surface area contributed by atoms with Gasteiger partial charge in [-0.1, -0.05) is 11.6 Å². The maximum atomic E-state index is 12.0. The monoisotopic (exact) mass is 304 g/mol. The summed E-state index contributed by atoms with van der Waals surface area (Å²) in [7, 11) is 0. The van der Waals surface area contributed by atoms with E-state index in [2.05, 4.69) is 21.8 Å². The minimum Gasteiger partial charge on any atom is -0.342 e. The smallest absolute Gasteiger partial charge is 0.244 e. The van der Waals surface area contributed by atoms with E-state index in [1.165, 1.54) is 0 Å². The molecule has 6 heteroatoms. The van der Waals surface area contributed by atoms with Crippen molar-refractivity contribution < 1.29 is 4.79 Å². The molecular formula is C15H20N4OS. The van der Waals surface area contributed by atoms with E-state index in [9.17, 15) is 4.79 Å². The van der Waals surface area contributed by atoms with Crippen LogP contribution >= 0.6 is 11.8 Å². The highest BCUT2D eigenvalue weighted by atomic mass is 32.2. The maximum absolute atomic E-state index is 12.0.